The lowest BCUT2D eigenvalue weighted by Crippen LogP contribution is -2.45. The number of rotatable bonds is 4. The van der Waals surface area contributed by atoms with Crippen molar-refractivity contribution in [1.82, 2.24) is 9.88 Å². The molecule has 0 radical (unpaired) electrons. The van der Waals surface area contributed by atoms with Crippen LogP contribution in [0.3, 0.4) is 0 Å². The minimum atomic E-state index is -0.395. The molecule has 2 aliphatic heterocycles. The number of hydrogen-bond acceptors (Lipinski definition) is 6. The number of pyridine rings is 1. The molecule has 1 fully saturated rings. The lowest BCUT2D eigenvalue weighted by atomic mass is 9.82. The summed E-state index contributed by atoms with van der Waals surface area (Å²) < 4.78 is 11.1. The highest BCUT2D eigenvalue weighted by molar-refractivity contribution is 7.12. The van der Waals surface area contributed by atoms with Crippen LogP contribution >= 0.6 is 11.3 Å². The first-order valence-corrected chi connectivity index (χ1v) is 10.5. The second-order valence-electron chi connectivity index (χ2n) is 7.32. The summed E-state index contributed by atoms with van der Waals surface area (Å²) >= 11 is 1.97. The standard InChI is InChI=1S/C21H26N2O3S/c1-3-16-12-17-19(27-16)6-11-26-21(17)7-9-23(10-8-21)14-15-4-5-18(22-13-15)20(24)25-2/h4-5,12-13H,3,6-11,14H2,1-2H3. The average Bonchev–Trinajstić information content (AvgIpc) is 3.15. The van der Waals surface area contributed by atoms with E-state index >= 15 is 0 Å². The molecule has 0 N–H and O–H groups in total. The molecular weight excluding hydrogens is 360 g/mol. The predicted octanol–water partition coefficient (Wildman–Crippen LogP) is 3.56. The van der Waals surface area contributed by atoms with Crippen molar-refractivity contribution in [3.8, 4) is 0 Å². The van der Waals surface area contributed by atoms with Crippen LogP contribution in [0.25, 0.3) is 0 Å². The van der Waals surface area contributed by atoms with Crippen LogP contribution in [0.2, 0.25) is 0 Å². The van der Waals surface area contributed by atoms with Gasteiger partial charge in [0.2, 0.25) is 0 Å². The Hall–Kier alpha value is -1.76. The number of carbonyl (C=O) groups is 1. The first-order chi connectivity index (χ1) is 13.1. The summed E-state index contributed by atoms with van der Waals surface area (Å²) in [6, 6.07) is 6.09. The van der Waals surface area contributed by atoms with Crippen LogP contribution in [0, 0.1) is 0 Å². The topological polar surface area (TPSA) is 51.7 Å². The number of likely N-dealkylation sites (tertiary alicyclic amines) is 1. The molecule has 27 heavy (non-hydrogen) atoms. The van der Waals surface area contributed by atoms with Gasteiger partial charge in [-0.3, -0.25) is 4.90 Å². The van der Waals surface area contributed by atoms with Gasteiger partial charge in [0.05, 0.1) is 19.3 Å². The lowest BCUT2D eigenvalue weighted by Gasteiger charge is -2.44. The fraction of sp³-hybridized carbons (Fsp3) is 0.524. The Kier molecular flexibility index (Phi) is 5.30. The number of fused-ring (bicyclic) bond motifs is 2. The summed E-state index contributed by atoms with van der Waals surface area (Å²) in [6.45, 7) is 5.94. The van der Waals surface area contributed by atoms with Gasteiger partial charge in [0, 0.05) is 42.0 Å². The highest BCUT2D eigenvalue weighted by Crippen LogP contribution is 2.44. The zero-order valence-electron chi connectivity index (χ0n) is 16.0. The van der Waals surface area contributed by atoms with E-state index in [0.717, 1.165) is 57.5 Å². The molecular formula is C21H26N2O3S. The maximum atomic E-state index is 11.5. The van der Waals surface area contributed by atoms with Gasteiger partial charge in [-0.2, -0.15) is 0 Å². The number of esters is 1. The fourth-order valence-electron chi connectivity index (χ4n) is 4.13. The van der Waals surface area contributed by atoms with Crippen molar-refractivity contribution in [3.63, 3.8) is 0 Å². The Morgan fingerprint density at radius 2 is 2.19 bits per heavy atom. The minimum Gasteiger partial charge on any atom is -0.464 e. The van der Waals surface area contributed by atoms with Gasteiger partial charge in [-0.05, 0) is 42.5 Å². The van der Waals surface area contributed by atoms with Gasteiger partial charge >= 0.3 is 5.97 Å². The number of piperidine rings is 1. The number of thiophene rings is 1. The van der Waals surface area contributed by atoms with E-state index in [1.54, 1.807) is 12.3 Å². The summed E-state index contributed by atoms with van der Waals surface area (Å²) in [4.78, 5) is 21.2. The second-order valence-corrected chi connectivity index (χ2v) is 8.54. The number of carbonyl (C=O) groups excluding carboxylic acids is 1. The van der Waals surface area contributed by atoms with E-state index < -0.39 is 5.97 Å². The number of hydrogen-bond donors (Lipinski definition) is 0. The van der Waals surface area contributed by atoms with E-state index in [9.17, 15) is 4.79 Å². The van der Waals surface area contributed by atoms with Crippen molar-refractivity contribution >= 4 is 17.3 Å². The monoisotopic (exact) mass is 386 g/mol. The quantitative estimate of drug-likeness (QED) is 0.752. The van der Waals surface area contributed by atoms with Crippen LogP contribution < -0.4 is 0 Å². The molecule has 6 heteroatoms. The van der Waals surface area contributed by atoms with E-state index in [-0.39, 0.29) is 5.60 Å². The van der Waals surface area contributed by atoms with Crippen LogP contribution in [0.5, 0.6) is 0 Å². The van der Waals surface area contributed by atoms with Gasteiger partial charge in [-0.15, -0.1) is 11.3 Å². The molecule has 2 aliphatic rings. The summed E-state index contributed by atoms with van der Waals surface area (Å²) in [7, 11) is 1.37. The second kappa shape index (κ2) is 7.70. The predicted molar refractivity (Wildman–Crippen MR) is 105 cm³/mol. The lowest BCUT2D eigenvalue weighted by molar-refractivity contribution is -0.0981. The van der Waals surface area contributed by atoms with E-state index in [1.807, 2.05) is 17.4 Å². The molecule has 0 saturated carbocycles. The van der Waals surface area contributed by atoms with Gasteiger partial charge in [0.15, 0.2) is 0 Å². The zero-order chi connectivity index (χ0) is 18.9. The van der Waals surface area contributed by atoms with Crippen LogP contribution in [0.4, 0.5) is 0 Å². The molecule has 0 aromatic carbocycles. The molecule has 0 aliphatic carbocycles. The van der Waals surface area contributed by atoms with Gasteiger partial charge in [0.1, 0.15) is 5.69 Å². The third-order valence-electron chi connectivity index (χ3n) is 5.70. The molecule has 5 nitrogen and oxygen atoms in total. The first-order valence-electron chi connectivity index (χ1n) is 9.65. The van der Waals surface area contributed by atoms with Crippen molar-refractivity contribution in [2.75, 3.05) is 26.8 Å². The minimum absolute atomic E-state index is 0.0823. The van der Waals surface area contributed by atoms with Crippen LogP contribution in [0.1, 0.15) is 51.1 Å². The van der Waals surface area contributed by atoms with E-state index in [2.05, 4.69) is 22.9 Å². The van der Waals surface area contributed by atoms with Crippen LogP contribution in [0.15, 0.2) is 24.4 Å². The summed E-state index contributed by atoms with van der Waals surface area (Å²) in [6.07, 6.45) is 6.01. The van der Waals surface area contributed by atoms with E-state index in [1.165, 1.54) is 22.4 Å². The molecule has 2 aromatic heterocycles. The third kappa shape index (κ3) is 3.66. The normalized spacial score (nSPS) is 19.0. The Morgan fingerprint density at radius 3 is 2.85 bits per heavy atom. The number of ether oxygens (including phenoxy) is 2. The Balaban J connectivity index is 1.41. The maximum Gasteiger partial charge on any atom is 0.356 e. The maximum absolute atomic E-state index is 11.5. The molecule has 144 valence electrons. The molecule has 4 rings (SSSR count). The van der Waals surface area contributed by atoms with Crippen molar-refractivity contribution in [1.29, 1.82) is 0 Å². The SMILES string of the molecule is CCc1cc2c(s1)CCOC21CCN(Cc2ccc(C(=O)OC)nc2)CC1. The van der Waals surface area contributed by atoms with E-state index in [0.29, 0.717) is 5.69 Å². The van der Waals surface area contributed by atoms with Crippen molar-refractivity contribution < 1.29 is 14.3 Å². The molecule has 4 heterocycles. The summed E-state index contributed by atoms with van der Waals surface area (Å²) in [5.74, 6) is -0.395. The number of nitrogens with zero attached hydrogens (tertiary/aromatic N) is 2. The number of aromatic nitrogens is 1. The first kappa shape index (κ1) is 18.6. The fourth-order valence-corrected chi connectivity index (χ4v) is 5.31. The number of methoxy groups -OCH3 is 1. The molecule has 0 bridgehead atoms. The van der Waals surface area contributed by atoms with Crippen LogP contribution in [-0.4, -0.2) is 42.7 Å². The molecule has 0 atom stereocenters. The van der Waals surface area contributed by atoms with Crippen molar-refractivity contribution in [2.45, 2.75) is 44.8 Å². The average molecular weight is 387 g/mol. The molecule has 0 unspecified atom stereocenters. The smallest absolute Gasteiger partial charge is 0.356 e. The van der Waals surface area contributed by atoms with E-state index in [4.69, 9.17) is 9.47 Å². The zero-order valence-corrected chi connectivity index (χ0v) is 16.8. The Bertz CT molecular complexity index is 807. The van der Waals surface area contributed by atoms with Gasteiger partial charge < -0.3 is 9.47 Å². The third-order valence-corrected chi connectivity index (χ3v) is 7.04. The Labute approximate surface area is 164 Å². The van der Waals surface area contributed by atoms with Crippen molar-refractivity contribution in [3.05, 3.63) is 51.0 Å². The largest absolute Gasteiger partial charge is 0.464 e. The van der Waals surface area contributed by atoms with Crippen molar-refractivity contribution in [2.24, 2.45) is 0 Å². The molecule has 1 saturated heterocycles. The molecule has 0 amide bonds. The summed E-state index contributed by atoms with van der Waals surface area (Å²) in [5, 5.41) is 0. The van der Waals surface area contributed by atoms with Gasteiger partial charge in [-0.1, -0.05) is 13.0 Å². The summed E-state index contributed by atoms with van der Waals surface area (Å²) in [5.41, 5.74) is 2.85. The molecule has 1 spiro atoms. The highest BCUT2D eigenvalue weighted by Gasteiger charge is 2.41. The Morgan fingerprint density at radius 1 is 1.37 bits per heavy atom. The van der Waals surface area contributed by atoms with Gasteiger partial charge in [-0.25, -0.2) is 9.78 Å². The molecule has 2 aromatic rings. The highest BCUT2D eigenvalue weighted by atomic mass is 32.1. The van der Waals surface area contributed by atoms with Crippen LogP contribution in [-0.2, 0) is 34.5 Å². The van der Waals surface area contributed by atoms with Gasteiger partial charge in [0.25, 0.3) is 0 Å². The number of aryl methyl sites for hydroxylation is 1.